The van der Waals surface area contributed by atoms with Crippen molar-refractivity contribution in [3.05, 3.63) is 34.3 Å². The van der Waals surface area contributed by atoms with E-state index in [1.165, 1.54) is 30.4 Å². The second-order valence-corrected chi connectivity index (χ2v) is 6.04. The average Bonchev–Trinajstić information content (AvgIpc) is 2.45. The number of aliphatic hydroxyl groups is 1. The number of benzene rings is 1. The van der Waals surface area contributed by atoms with Gasteiger partial charge in [0.25, 0.3) is 5.72 Å². The van der Waals surface area contributed by atoms with Crippen molar-refractivity contribution >= 4 is 27.9 Å². The first-order valence-corrected chi connectivity index (χ1v) is 7.69. The highest BCUT2D eigenvalue weighted by atomic mass is 79.9. The van der Waals surface area contributed by atoms with E-state index >= 15 is 0 Å². The molecule has 3 N–H and O–H groups in total. The topological polar surface area (TPSA) is 87.7 Å². The highest BCUT2D eigenvalue weighted by molar-refractivity contribution is 9.10. The minimum atomic E-state index is -5.29. The van der Waals surface area contributed by atoms with E-state index in [-0.39, 0.29) is 12.2 Å². The molecule has 0 aromatic heterocycles. The van der Waals surface area contributed by atoms with Gasteiger partial charge in [0.1, 0.15) is 5.92 Å². The summed E-state index contributed by atoms with van der Waals surface area (Å²) in [6.45, 7) is 1.25. The number of carbonyl (C=O) groups is 2. The van der Waals surface area contributed by atoms with Crippen LogP contribution in [-0.2, 0) is 9.53 Å². The third-order valence-electron chi connectivity index (χ3n) is 3.55. The van der Waals surface area contributed by atoms with Gasteiger partial charge in [-0.05, 0) is 24.6 Å². The van der Waals surface area contributed by atoms with Crippen molar-refractivity contribution in [3.63, 3.8) is 0 Å². The molecule has 1 aromatic carbocycles. The lowest BCUT2D eigenvalue weighted by atomic mass is 9.82. The van der Waals surface area contributed by atoms with Crippen LogP contribution in [0.25, 0.3) is 0 Å². The van der Waals surface area contributed by atoms with Gasteiger partial charge in [0.15, 0.2) is 0 Å². The molecule has 1 aromatic rings. The van der Waals surface area contributed by atoms with Crippen LogP contribution in [0.15, 0.2) is 28.7 Å². The maximum atomic E-state index is 13.4. The number of halogens is 4. The molecule has 0 radical (unpaired) electrons. The van der Waals surface area contributed by atoms with Crippen molar-refractivity contribution in [2.75, 3.05) is 6.61 Å². The van der Waals surface area contributed by atoms with E-state index < -0.39 is 35.9 Å². The van der Waals surface area contributed by atoms with Crippen molar-refractivity contribution in [2.45, 2.75) is 24.9 Å². The number of esters is 1. The van der Waals surface area contributed by atoms with Crippen molar-refractivity contribution in [1.82, 2.24) is 10.6 Å². The summed E-state index contributed by atoms with van der Waals surface area (Å²) in [5.41, 5.74) is -3.55. The standard InChI is InChI=1S/C14H14BrF3N2O4/c1-2-24-11(21)9-10(7-4-3-5-8(15)6-7)19-12(22)20-13(9,23)14(16,17)18/h3-6,9-10,23H,2H2,1H3,(H2,19,20,22)/t9-,10-,13+/m1/s1. The number of alkyl halides is 3. The lowest BCUT2D eigenvalue weighted by Crippen LogP contribution is -2.73. The maximum absolute atomic E-state index is 13.4. The van der Waals surface area contributed by atoms with Crippen LogP contribution in [0.2, 0.25) is 0 Å². The molecular weight excluding hydrogens is 397 g/mol. The second kappa shape index (κ2) is 6.60. The van der Waals surface area contributed by atoms with Gasteiger partial charge in [-0.3, -0.25) is 4.79 Å². The molecule has 0 spiro atoms. The van der Waals surface area contributed by atoms with Crippen LogP contribution in [0, 0.1) is 5.92 Å². The van der Waals surface area contributed by atoms with E-state index in [0.717, 1.165) is 0 Å². The third kappa shape index (κ3) is 3.34. The Hall–Kier alpha value is -1.81. The van der Waals surface area contributed by atoms with Crippen molar-refractivity contribution in [1.29, 1.82) is 0 Å². The van der Waals surface area contributed by atoms with Crippen molar-refractivity contribution in [3.8, 4) is 0 Å². The van der Waals surface area contributed by atoms with Gasteiger partial charge >= 0.3 is 18.2 Å². The van der Waals surface area contributed by atoms with Crippen LogP contribution in [0.1, 0.15) is 18.5 Å². The van der Waals surface area contributed by atoms with E-state index in [2.05, 4.69) is 26.0 Å². The van der Waals surface area contributed by atoms with E-state index in [1.807, 2.05) is 0 Å². The molecule has 24 heavy (non-hydrogen) atoms. The number of rotatable bonds is 3. The molecule has 1 aliphatic rings. The van der Waals surface area contributed by atoms with Gasteiger partial charge in [0.2, 0.25) is 0 Å². The Bertz CT molecular complexity index is 655. The minimum absolute atomic E-state index is 0.178. The molecule has 1 heterocycles. The average molecular weight is 411 g/mol. The molecule has 2 amide bonds. The van der Waals surface area contributed by atoms with Gasteiger partial charge in [-0.2, -0.15) is 13.2 Å². The van der Waals surface area contributed by atoms with Gasteiger partial charge < -0.3 is 20.5 Å². The van der Waals surface area contributed by atoms with Crippen LogP contribution in [0.5, 0.6) is 0 Å². The van der Waals surface area contributed by atoms with Gasteiger partial charge in [0.05, 0.1) is 12.6 Å². The summed E-state index contributed by atoms with van der Waals surface area (Å²) in [5.74, 6) is -3.40. The van der Waals surface area contributed by atoms with Crippen LogP contribution >= 0.6 is 15.9 Å². The summed E-state index contributed by atoms with van der Waals surface area (Å²) in [5, 5.41) is 13.8. The summed E-state index contributed by atoms with van der Waals surface area (Å²) in [4.78, 5) is 23.8. The number of amides is 2. The third-order valence-corrected chi connectivity index (χ3v) is 4.05. The molecule has 2 rings (SSSR count). The van der Waals surface area contributed by atoms with Crippen LogP contribution in [0.4, 0.5) is 18.0 Å². The summed E-state index contributed by atoms with van der Waals surface area (Å²) in [7, 11) is 0. The quantitative estimate of drug-likeness (QED) is 0.666. The van der Waals surface area contributed by atoms with Gasteiger partial charge in [-0.25, -0.2) is 4.79 Å². The van der Waals surface area contributed by atoms with E-state index in [9.17, 15) is 27.9 Å². The maximum Gasteiger partial charge on any atom is 0.437 e. The van der Waals surface area contributed by atoms with E-state index in [1.54, 1.807) is 6.07 Å². The van der Waals surface area contributed by atoms with Crippen LogP contribution in [-0.4, -0.2) is 35.6 Å². The van der Waals surface area contributed by atoms with Crippen molar-refractivity contribution < 1.29 is 32.6 Å². The molecule has 10 heteroatoms. The Balaban J connectivity index is 2.57. The predicted octanol–water partition coefficient (Wildman–Crippen LogP) is 2.23. The minimum Gasteiger partial charge on any atom is -0.466 e. The largest absolute Gasteiger partial charge is 0.466 e. The first-order valence-electron chi connectivity index (χ1n) is 6.90. The molecule has 6 nitrogen and oxygen atoms in total. The first kappa shape index (κ1) is 18.5. The van der Waals surface area contributed by atoms with E-state index in [4.69, 9.17) is 0 Å². The highest BCUT2D eigenvalue weighted by Crippen LogP contribution is 2.43. The number of ether oxygens (including phenoxy) is 1. The molecule has 1 aliphatic heterocycles. The SMILES string of the molecule is CCOC(=O)[C@H]1[C@@H](c2cccc(Br)c2)NC(=O)N[C@@]1(O)C(F)(F)F. The zero-order chi connectivity index (χ0) is 18.1. The number of hydrogen-bond donors (Lipinski definition) is 3. The molecule has 0 aliphatic carbocycles. The number of nitrogens with one attached hydrogen (secondary N) is 2. The van der Waals surface area contributed by atoms with Gasteiger partial charge in [0, 0.05) is 4.47 Å². The number of urea groups is 1. The van der Waals surface area contributed by atoms with Crippen LogP contribution in [0.3, 0.4) is 0 Å². The molecular formula is C14H14BrF3N2O4. The zero-order valence-electron chi connectivity index (χ0n) is 12.4. The summed E-state index contributed by atoms with van der Waals surface area (Å²) in [6, 6.07) is 3.36. The van der Waals surface area contributed by atoms with E-state index in [0.29, 0.717) is 4.47 Å². The fraction of sp³-hybridized carbons (Fsp3) is 0.429. The fourth-order valence-electron chi connectivity index (χ4n) is 2.51. The lowest BCUT2D eigenvalue weighted by Gasteiger charge is -2.44. The van der Waals surface area contributed by atoms with Gasteiger partial charge in [-0.15, -0.1) is 0 Å². The molecule has 132 valence electrons. The lowest BCUT2D eigenvalue weighted by molar-refractivity contribution is -0.294. The van der Waals surface area contributed by atoms with Crippen LogP contribution < -0.4 is 10.6 Å². The normalized spacial score (nSPS) is 27.2. The Morgan fingerprint density at radius 2 is 2.12 bits per heavy atom. The summed E-state index contributed by atoms with van der Waals surface area (Å²) in [6.07, 6.45) is -5.29. The van der Waals surface area contributed by atoms with Crippen molar-refractivity contribution in [2.24, 2.45) is 5.92 Å². The molecule has 1 fully saturated rings. The second-order valence-electron chi connectivity index (χ2n) is 5.12. The summed E-state index contributed by atoms with van der Waals surface area (Å²) < 4.78 is 45.4. The number of hydrogen-bond acceptors (Lipinski definition) is 4. The smallest absolute Gasteiger partial charge is 0.437 e. The molecule has 3 atom stereocenters. The molecule has 0 unspecified atom stereocenters. The number of carbonyl (C=O) groups excluding carboxylic acids is 2. The highest BCUT2D eigenvalue weighted by Gasteiger charge is 2.67. The first-order chi connectivity index (χ1) is 11.1. The zero-order valence-corrected chi connectivity index (χ0v) is 13.9. The fourth-order valence-corrected chi connectivity index (χ4v) is 2.93. The molecule has 0 saturated carbocycles. The Kier molecular flexibility index (Phi) is 5.09. The Morgan fingerprint density at radius 3 is 2.67 bits per heavy atom. The van der Waals surface area contributed by atoms with Gasteiger partial charge in [-0.1, -0.05) is 28.1 Å². The monoisotopic (exact) mass is 410 g/mol. The molecule has 1 saturated heterocycles. The summed E-state index contributed by atoms with van der Waals surface area (Å²) >= 11 is 3.17. The molecule has 0 bridgehead atoms. The Morgan fingerprint density at radius 1 is 1.46 bits per heavy atom. The predicted molar refractivity (Wildman–Crippen MR) is 79.7 cm³/mol. The Labute approximate surface area is 143 Å².